The van der Waals surface area contributed by atoms with E-state index in [1.165, 1.54) is 0 Å². The van der Waals surface area contributed by atoms with E-state index in [2.05, 4.69) is 63.7 Å². The third-order valence-corrected chi connectivity index (χ3v) is 18.9. The normalized spacial score (nSPS) is 14.5. The van der Waals surface area contributed by atoms with E-state index in [0.717, 1.165) is 60.1 Å². The van der Waals surface area contributed by atoms with Crippen LogP contribution in [0, 0.1) is 0 Å². The highest BCUT2D eigenvalue weighted by atomic mass is 28.3. The quantitative estimate of drug-likeness (QED) is 0.107. The van der Waals surface area contributed by atoms with Crippen molar-refractivity contribution in [2.75, 3.05) is 0 Å². The van der Waals surface area contributed by atoms with Gasteiger partial charge in [-0.3, -0.25) is 4.57 Å². The van der Waals surface area contributed by atoms with E-state index in [1.807, 2.05) is 78.9 Å². The van der Waals surface area contributed by atoms with Crippen LogP contribution >= 0.6 is 0 Å². The molecule has 0 spiro atoms. The fraction of sp³-hybridized carbons (Fsp3) is 0. The van der Waals surface area contributed by atoms with Crippen LogP contribution in [0.5, 0.6) is 0 Å². The van der Waals surface area contributed by atoms with Crippen LogP contribution in [0.15, 0.2) is 279 Å². The van der Waals surface area contributed by atoms with Gasteiger partial charge in [-0.2, -0.15) is 9.97 Å². The van der Waals surface area contributed by atoms with Gasteiger partial charge < -0.3 is 9.13 Å². The van der Waals surface area contributed by atoms with Crippen LogP contribution in [0.25, 0.3) is 106 Å². The fourth-order valence-corrected chi connectivity index (χ4v) is 15.6. The van der Waals surface area contributed by atoms with Gasteiger partial charge in [0.2, 0.25) is 5.95 Å². The third kappa shape index (κ3) is 6.62. The van der Waals surface area contributed by atoms with E-state index in [0.29, 0.717) is 27.1 Å². The third-order valence-electron chi connectivity index (χ3n) is 14.5. The molecular formula is C69H46N6Si. The van der Waals surface area contributed by atoms with E-state index in [4.69, 9.17) is 23.2 Å². The molecule has 0 aliphatic carbocycles. The lowest BCUT2D eigenvalue weighted by Gasteiger charge is -2.34. The summed E-state index contributed by atoms with van der Waals surface area (Å²) in [6, 6.07) is 52.6. The molecule has 0 atom stereocenters. The summed E-state index contributed by atoms with van der Waals surface area (Å²) in [4.78, 5) is 15.2. The van der Waals surface area contributed by atoms with E-state index < -0.39 is 115 Å². The number of benzene rings is 11. The SMILES string of the molecule is [2H]c1c([2H])c([2H])c(-c2nc(-c3c([2H])c([2H])c([2H])c([Si](c4ccccc4)(c4ccccc4)c4c([2H])c([2H])c([2H])c([2H])c4[2H])c3[2H])nc(-n3c4ccccc4c4cccc(-n5c6ccccc6c6cccc(-n7c8ccccc8c8ccccc87)c65)c43)n2)c([2H])c1[2H]. The summed E-state index contributed by atoms with van der Waals surface area (Å²) < 4.78 is 138. The lowest BCUT2D eigenvalue weighted by Crippen LogP contribution is -2.74. The number of aromatic nitrogens is 6. The van der Waals surface area contributed by atoms with Gasteiger partial charge in [-0.1, -0.05) is 242 Å². The number of hydrogen-bond acceptors (Lipinski definition) is 3. The maximum Gasteiger partial charge on any atom is 0.238 e. The molecule has 356 valence electrons. The number of nitrogens with zero attached hydrogens (tertiary/aromatic N) is 6. The molecule has 6 nitrogen and oxygen atoms in total. The minimum Gasteiger partial charge on any atom is -0.307 e. The Morgan fingerprint density at radius 2 is 0.711 bits per heavy atom. The van der Waals surface area contributed by atoms with Crippen LogP contribution in [0.4, 0.5) is 0 Å². The van der Waals surface area contributed by atoms with E-state index in [-0.39, 0.29) is 16.3 Å². The molecule has 11 aromatic carbocycles. The fourth-order valence-electron chi connectivity index (χ4n) is 11.4. The van der Waals surface area contributed by atoms with Crippen LogP contribution in [-0.2, 0) is 0 Å². The largest absolute Gasteiger partial charge is 0.307 e. The lowest BCUT2D eigenvalue weighted by atomic mass is 10.1. The molecule has 76 heavy (non-hydrogen) atoms. The predicted octanol–water partition coefficient (Wildman–Crippen LogP) is 13.9. The molecule has 15 aromatic rings. The van der Waals surface area contributed by atoms with Crippen molar-refractivity contribution in [3.05, 3.63) is 279 Å². The highest BCUT2D eigenvalue weighted by Crippen LogP contribution is 2.43. The van der Waals surface area contributed by atoms with Gasteiger partial charge in [0.05, 0.1) is 63.7 Å². The highest BCUT2D eigenvalue weighted by Gasteiger charge is 2.41. The van der Waals surface area contributed by atoms with Gasteiger partial charge in [-0.05, 0) is 57.1 Å². The van der Waals surface area contributed by atoms with E-state index >= 15 is 0 Å². The van der Waals surface area contributed by atoms with Gasteiger partial charge >= 0.3 is 0 Å². The molecule has 0 bridgehead atoms. The molecule has 0 saturated heterocycles. The summed E-state index contributed by atoms with van der Waals surface area (Å²) in [6.45, 7) is 0. The van der Waals surface area contributed by atoms with Crippen LogP contribution in [0.3, 0.4) is 0 Å². The van der Waals surface area contributed by atoms with Crippen LogP contribution < -0.4 is 20.7 Å². The molecule has 0 aliphatic rings. The van der Waals surface area contributed by atoms with Gasteiger partial charge in [0.15, 0.2) is 19.7 Å². The molecule has 0 unspecified atom stereocenters. The number of para-hydroxylation sites is 6. The van der Waals surface area contributed by atoms with Crippen molar-refractivity contribution in [1.29, 1.82) is 0 Å². The van der Waals surface area contributed by atoms with Crippen molar-refractivity contribution in [3.8, 4) is 40.1 Å². The minimum absolute atomic E-state index is 0.175. The Balaban J connectivity index is 1.10. The Hall–Kier alpha value is -9.95. The molecule has 7 heteroatoms. The first kappa shape index (κ1) is 31.6. The summed E-state index contributed by atoms with van der Waals surface area (Å²) in [5.74, 6) is -1.07. The molecule has 4 aromatic heterocycles. The van der Waals surface area contributed by atoms with Crippen molar-refractivity contribution in [3.63, 3.8) is 0 Å². The Labute approximate surface area is 459 Å². The molecule has 15 rings (SSSR count). The standard InChI is InChI=1S/C69H46N6Si/c1-5-24-47(25-6-1)67-70-68(48-26-21-33-52(46-48)76(49-27-7-2-8-28-49,50-29-9-3-10-30-50)51-31-11-4-12-32-51)72-69(71-67)75-62-43-20-16-37-56(62)58-39-23-45-64(66(58)75)74-61-42-19-15-36-55(61)57-38-22-44-63(65(57)74)73-59-40-17-13-34-53(59)54-35-14-18-41-60(54)73/h1-46H/i1D,2D,5D,6D,7D,8D,21D,24D,25D,26D,27D,28D,33D,46D. The smallest absolute Gasteiger partial charge is 0.238 e. The zero-order chi connectivity index (χ0) is 62.3. The number of fused-ring (bicyclic) bond motifs is 9. The molecule has 4 heterocycles. The van der Waals surface area contributed by atoms with Gasteiger partial charge in [-0.25, -0.2) is 4.98 Å². The summed E-state index contributed by atoms with van der Waals surface area (Å²) in [7, 11) is -4.67. The second kappa shape index (κ2) is 17.6. The van der Waals surface area contributed by atoms with Crippen molar-refractivity contribution in [1.82, 2.24) is 28.7 Å². The molecule has 0 amide bonds. The van der Waals surface area contributed by atoms with Crippen molar-refractivity contribution in [2.24, 2.45) is 0 Å². The first-order valence-corrected chi connectivity index (χ1v) is 26.7. The van der Waals surface area contributed by atoms with Gasteiger partial charge in [0.25, 0.3) is 0 Å². The van der Waals surface area contributed by atoms with E-state index in [1.54, 1.807) is 65.2 Å². The van der Waals surface area contributed by atoms with Crippen molar-refractivity contribution < 1.29 is 19.2 Å². The molecular weight excluding hydrogens is 941 g/mol. The molecule has 0 radical (unpaired) electrons. The van der Waals surface area contributed by atoms with Gasteiger partial charge in [-0.15, -0.1) is 0 Å². The average Bonchev–Trinajstić information content (AvgIpc) is 1.37. The maximum atomic E-state index is 10.7. The Bertz CT molecular complexity index is 5430. The summed E-state index contributed by atoms with van der Waals surface area (Å²) >= 11 is 0. The Morgan fingerprint density at radius 1 is 0.303 bits per heavy atom. The second-order valence-electron chi connectivity index (χ2n) is 18.4. The monoisotopic (exact) mass is 1000 g/mol. The van der Waals surface area contributed by atoms with E-state index in [9.17, 15) is 11.0 Å². The predicted molar refractivity (Wildman–Crippen MR) is 317 cm³/mol. The minimum atomic E-state index is -4.67. The zero-order valence-electron chi connectivity index (χ0n) is 54.2. The summed E-state index contributed by atoms with van der Waals surface area (Å²) in [6.07, 6.45) is 0. The first-order chi connectivity index (χ1) is 43.6. The maximum absolute atomic E-state index is 10.7. The number of rotatable bonds is 9. The van der Waals surface area contributed by atoms with Crippen LogP contribution in [0.1, 0.15) is 19.2 Å². The molecule has 0 fully saturated rings. The Morgan fingerprint density at radius 3 is 1.28 bits per heavy atom. The topological polar surface area (TPSA) is 53.5 Å². The second-order valence-corrected chi connectivity index (χ2v) is 22.1. The average molecular weight is 1000 g/mol. The summed E-state index contributed by atoms with van der Waals surface area (Å²) in [5.41, 5.74) is 5.51. The Kier molecular flexibility index (Phi) is 7.33. The lowest BCUT2D eigenvalue weighted by molar-refractivity contribution is 0.950. The van der Waals surface area contributed by atoms with Crippen LogP contribution in [0.2, 0.25) is 0 Å². The number of hydrogen-bond donors (Lipinski definition) is 0. The van der Waals surface area contributed by atoms with Gasteiger partial charge in [0, 0.05) is 43.4 Å². The van der Waals surface area contributed by atoms with Gasteiger partial charge in [0.1, 0.15) is 0 Å². The first-order valence-electron chi connectivity index (χ1n) is 31.7. The summed E-state index contributed by atoms with van der Waals surface area (Å²) in [5, 5.41) is 5.92. The van der Waals surface area contributed by atoms with Crippen LogP contribution in [-0.4, -0.2) is 36.7 Å². The zero-order valence-corrected chi connectivity index (χ0v) is 41.2. The molecule has 0 aliphatic heterocycles. The molecule has 0 N–H and O–H groups in total. The highest BCUT2D eigenvalue weighted by molar-refractivity contribution is 7.19. The van der Waals surface area contributed by atoms with Crippen molar-refractivity contribution >= 4 is 94.2 Å². The molecule has 0 saturated carbocycles. The van der Waals surface area contributed by atoms with Crippen molar-refractivity contribution in [2.45, 2.75) is 0 Å².